The monoisotopic (exact) mass is 363 g/mol. The molecular weight excluding hydrogens is 342 g/mol. The van der Waals surface area contributed by atoms with Gasteiger partial charge in [0.1, 0.15) is 0 Å². The van der Waals surface area contributed by atoms with Crippen LogP contribution in [0, 0.1) is 17.0 Å². The molecule has 0 bridgehead atoms. The molecule has 1 aromatic carbocycles. The first-order valence-electron chi connectivity index (χ1n) is 7.27. The van der Waals surface area contributed by atoms with Crippen LogP contribution in [-0.4, -0.2) is 36.3 Å². The molecule has 9 heteroatoms. The Morgan fingerprint density at radius 3 is 2.57 bits per heavy atom. The molecule has 0 spiro atoms. The summed E-state index contributed by atoms with van der Waals surface area (Å²) < 4.78 is 27.3. The first kappa shape index (κ1) is 19.8. The number of hydrogen-bond acceptors (Lipinski definition) is 5. The number of aryl methyl sites for hydroxylation is 1. The fourth-order valence-corrected chi connectivity index (χ4v) is 4.90. The van der Waals surface area contributed by atoms with Gasteiger partial charge in [-0.05, 0) is 38.3 Å². The van der Waals surface area contributed by atoms with E-state index in [4.69, 9.17) is 5.73 Å². The number of hydrogen-bond donors (Lipinski definition) is 1. The third kappa shape index (κ3) is 4.00. The van der Waals surface area contributed by atoms with E-state index in [2.05, 4.69) is 0 Å². The van der Waals surface area contributed by atoms with Crippen LogP contribution in [0.2, 0.25) is 0 Å². The van der Waals surface area contributed by atoms with E-state index in [0.717, 1.165) is 19.3 Å². The molecule has 23 heavy (non-hydrogen) atoms. The highest BCUT2D eigenvalue weighted by atomic mass is 35.5. The molecule has 0 radical (unpaired) electrons. The molecule has 1 saturated heterocycles. The van der Waals surface area contributed by atoms with Gasteiger partial charge in [0.05, 0.1) is 9.82 Å². The minimum absolute atomic E-state index is 0. The minimum Gasteiger partial charge on any atom is -0.326 e. The van der Waals surface area contributed by atoms with Gasteiger partial charge in [0.25, 0.3) is 5.69 Å². The molecule has 1 heterocycles. The van der Waals surface area contributed by atoms with Crippen LogP contribution in [0.3, 0.4) is 0 Å². The fourth-order valence-electron chi connectivity index (χ4n) is 2.92. The number of non-ortho nitro benzene ring substituents is 1. The van der Waals surface area contributed by atoms with Crippen LogP contribution in [-0.2, 0) is 10.0 Å². The smallest absolute Gasteiger partial charge is 0.269 e. The van der Waals surface area contributed by atoms with E-state index in [-0.39, 0.29) is 35.1 Å². The van der Waals surface area contributed by atoms with E-state index in [0.29, 0.717) is 12.1 Å². The molecule has 0 amide bonds. The van der Waals surface area contributed by atoms with Crippen molar-refractivity contribution in [1.82, 2.24) is 4.31 Å². The minimum atomic E-state index is -3.70. The van der Waals surface area contributed by atoms with Gasteiger partial charge in [0, 0.05) is 30.8 Å². The molecule has 0 aliphatic carbocycles. The highest BCUT2D eigenvalue weighted by Crippen LogP contribution is 2.29. The van der Waals surface area contributed by atoms with E-state index < -0.39 is 14.9 Å². The molecule has 1 aromatic rings. The lowest BCUT2D eigenvalue weighted by atomic mass is 10.00. The molecule has 0 saturated carbocycles. The van der Waals surface area contributed by atoms with Crippen LogP contribution in [0.1, 0.15) is 31.7 Å². The zero-order chi connectivity index (χ0) is 16.5. The molecule has 2 N–H and O–H groups in total. The summed E-state index contributed by atoms with van der Waals surface area (Å²) in [6, 6.07) is 3.35. The van der Waals surface area contributed by atoms with Crippen molar-refractivity contribution < 1.29 is 13.3 Å². The van der Waals surface area contributed by atoms with E-state index >= 15 is 0 Å². The van der Waals surface area contributed by atoms with E-state index in [1.807, 2.05) is 0 Å². The number of piperidine rings is 1. The van der Waals surface area contributed by atoms with Gasteiger partial charge in [-0.15, -0.1) is 12.4 Å². The van der Waals surface area contributed by atoms with Crippen LogP contribution < -0.4 is 5.73 Å². The Hall–Kier alpha value is -1.22. The maximum Gasteiger partial charge on any atom is 0.269 e. The summed E-state index contributed by atoms with van der Waals surface area (Å²) in [7, 11) is -3.70. The zero-order valence-corrected chi connectivity index (χ0v) is 14.8. The van der Waals surface area contributed by atoms with Crippen LogP contribution >= 0.6 is 12.4 Å². The Bertz CT molecular complexity index is 679. The average molecular weight is 364 g/mol. The van der Waals surface area contributed by atoms with Gasteiger partial charge in [0.15, 0.2) is 0 Å². The first-order chi connectivity index (χ1) is 10.2. The van der Waals surface area contributed by atoms with Gasteiger partial charge in [-0.2, -0.15) is 4.31 Å². The van der Waals surface area contributed by atoms with Gasteiger partial charge in [-0.3, -0.25) is 10.1 Å². The number of benzene rings is 1. The van der Waals surface area contributed by atoms with Crippen molar-refractivity contribution >= 4 is 28.1 Å². The molecule has 2 rings (SSSR count). The van der Waals surface area contributed by atoms with Gasteiger partial charge in [0.2, 0.25) is 10.0 Å². The second-order valence-corrected chi connectivity index (χ2v) is 7.60. The third-order valence-electron chi connectivity index (χ3n) is 4.06. The molecular formula is C14H22ClN3O4S. The summed E-state index contributed by atoms with van der Waals surface area (Å²) in [5.41, 5.74) is 6.20. The lowest BCUT2D eigenvalue weighted by Crippen LogP contribution is -2.51. The molecule has 7 nitrogen and oxygen atoms in total. The highest BCUT2D eigenvalue weighted by Gasteiger charge is 2.36. The predicted molar refractivity (Wildman–Crippen MR) is 90.3 cm³/mol. The van der Waals surface area contributed by atoms with Crippen molar-refractivity contribution in [3.8, 4) is 0 Å². The quantitative estimate of drug-likeness (QED) is 0.652. The van der Waals surface area contributed by atoms with Gasteiger partial charge in [-0.1, -0.05) is 6.42 Å². The molecule has 1 fully saturated rings. The van der Waals surface area contributed by atoms with Crippen molar-refractivity contribution in [3.63, 3.8) is 0 Å². The Labute approximate surface area is 142 Å². The largest absolute Gasteiger partial charge is 0.326 e. The van der Waals surface area contributed by atoms with Crippen LogP contribution in [0.5, 0.6) is 0 Å². The number of nitrogens with two attached hydrogens (primary N) is 1. The molecule has 2 unspecified atom stereocenters. The summed E-state index contributed by atoms with van der Waals surface area (Å²) in [4.78, 5) is 10.4. The molecule has 130 valence electrons. The van der Waals surface area contributed by atoms with Crippen molar-refractivity contribution in [2.75, 3.05) is 6.54 Å². The number of nitrogens with zero attached hydrogens (tertiary/aromatic N) is 2. The van der Waals surface area contributed by atoms with Crippen molar-refractivity contribution in [2.45, 2.75) is 50.1 Å². The van der Waals surface area contributed by atoms with Gasteiger partial charge in [-0.25, -0.2) is 8.42 Å². The number of halogens is 1. The molecule has 0 aromatic heterocycles. The predicted octanol–water partition coefficient (Wildman–Crippen LogP) is 2.22. The first-order valence-corrected chi connectivity index (χ1v) is 8.71. The van der Waals surface area contributed by atoms with E-state index in [1.54, 1.807) is 13.8 Å². The average Bonchev–Trinajstić information content (AvgIpc) is 2.46. The number of sulfonamides is 1. The lowest BCUT2D eigenvalue weighted by Gasteiger charge is -2.37. The second kappa shape index (κ2) is 7.57. The fraction of sp³-hybridized carbons (Fsp3) is 0.571. The Morgan fingerprint density at radius 1 is 1.39 bits per heavy atom. The van der Waals surface area contributed by atoms with Crippen molar-refractivity contribution in [3.05, 3.63) is 33.9 Å². The standard InChI is InChI=1S/C14H21N3O4S.ClH/c1-10-9-12(17(18)19)6-7-14(10)22(20,21)16-8-4-3-5-13(16)11(2)15;/h6-7,9,11,13H,3-5,8,15H2,1-2H3;1H. The van der Waals surface area contributed by atoms with E-state index in [1.165, 1.54) is 22.5 Å². The van der Waals surface area contributed by atoms with E-state index in [9.17, 15) is 18.5 Å². The van der Waals surface area contributed by atoms with Crippen molar-refractivity contribution in [1.29, 1.82) is 0 Å². The SMILES string of the molecule is Cc1cc([N+](=O)[O-])ccc1S(=O)(=O)N1CCCCC1C(C)N.Cl. The molecule has 2 atom stereocenters. The normalized spacial score (nSPS) is 20.6. The van der Waals surface area contributed by atoms with Gasteiger partial charge < -0.3 is 5.73 Å². The Kier molecular flexibility index (Phi) is 6.52. The Morgan fingerprint density at radius 2 is 2.04 bits per heavy atom. The zero-order valence-electron chi connectivity index (χ0n) is 13.1. The number of nitro benzene ring substituents is 1. The summed E-state index contributed by atoms with van der Waals surface area (Å²) in [5.74, 6) is 0. The number of rotatable bonds is 4. The summed E-state index contributed by atoms with van der Waals surface area (Å²) in [6.45, 7) is 3.82. The topological polar surface area (TPSA) is 107 Å². The number of nitro groups is 1. The summed E-state index contributed by atoms with van der Waals surface area (Å²) in [6.07, 6.45) is 2.49. The van der Waals surface area contributed by atoms with Crippen molar-refractivity contribution in [2.24, 2.45) is 5.73 Å². The summed E-state index contributed by atoms with van der Waals surface area (Å²) >= 11 is 0. The summed E-state index contributed by atoms with van der Waals surface area (Å²) in [5, 5.41) is 10.8. The van der Waals surface area contributed by atoms with Crippen LogP contribution in [0.15, 0.2) is 23.1 Å². The highest BCUT2D eigenvalue weighted by molar-refractivity contribution is 7.89. The molecule has 1 aliphatic heterocycles. The maximum absolute atomic E-state index is 12.9. The molecule has 1 aliphatic rings. The van der Waals surface area contributed by atoms with Gasteiger partial charge >= 0.3 is 0 Å². The Balaban J connectivity index is 0.00000264. The van der Waals surface area contributed by atoms with Crippen LogP contribution in [0.25, 0.3) is 0 Å². The second-order valence-electron chi connectivity index (χ2n) is 5.74. The van der Waals surface area contributed by atoms with Crippen LogP contribution in [0.4, 0.5) is 5.69 Å². The lowest BCUT2D eigenvalue weighted by molar-refractivity contribution is -0.385. The third-order valence-corrected chi connectivity index (χ3v) is 6.15. The maximum atomic E-state index is 12.9.